The molecule has 0 aliphatic rings. The lowest BCUT2D eigenvalue weighted by molar-refractivity contribution is -0.131. The highest BCUT2D eigenvalue weighted by Crippen LogP contribution is 2.28. The molecule has 0 saturated carbocycles. The van der Waals surface area contributed by atoms with Gasteiger partial charge < -0.3 is 5.32 Å². The number of aromatic nitrogens is 1. The second-order valence-corrected chi connectivity index (χ2v) is 7.10. The Bertz CT molecular complexity index is 846. The monoisotopic (exact) mass is 359 g/mol. The molecule has 2 amide bonds. The predicted molar refractivity (Wildman–Crippen MR) is 81.6 cm³/mol. The number of anilines is 1. The smallest absolute Gasteiger partial charge is 0.296 e. The number of nitrogens with one attached hydrogen (secondary N) is 2. The van der Waals surface area contributed by atoms with Gasteiger partial charge in [-0.1, -0.05) is 11.3 Å². The third-order valence-corrected chi connectivity index (χ3v) is 5.02. The summed E-state index contributed by atoms with van der Waals surface area (Å²) in [5.41, 5.74) is 1.95. The maximum Gasteiger partial charge on any atom is 0.296 e. The Morgan fingerprint density at radius 1 is 1.30 bits per heavy atom. The molecule has 0 unspecified atom stereocenters. The van der Waals surface area contributed by atoms with E-state index < -0.39 is 21.9 Å². The molecule has 124 valence electrons. The van der Waals surface area contributed by atoms with E-state index in [0.29, 0.717) is 10.2 Å². The van der Waals surface area contributed by atoms with Crippen molar-refractivity contribution in [3.05, 3.63) is 18.2 Å². The zero-order valence-corrected chi connectivity index (χ0v) is 13.5. The highest BCUT2D eigenvalue weighted by atomic mass is 32.2. The summed E-state index contributed by atoms with van der Waals surface area (Å²) in [5.74, 6) is -1.11. The molecule has 0 spiro atoms. The van der Waals surface area contributed by atoms with Gasteiger partial charge in [0.25, 0.3) is 10.1 Å². The van der Waals surface area contributed by atoms with Crippen LogP contribution >= 0.6 is 11.3 Å². The number of hydrogen-bond acceptors (Lipinski definition) is 8. The van der Waals surface area contributed by atoms with Crippen LogP contribution in [0.3, 0.4) is 0 Å². The number of amides is 2. The first-order valence-electron chi connectivity index (χ1n) is 6.29. The van der Waals surface area contributed by atoms with Crippen molar-refractivity contribution in [1.82, 2.24) is 10.5 Å². The van der Waals surface area contributed by atoms with Gasteiger partial charge in [-0.2, -0.15) is 8.42 Å². The first-order valence-corrected chi connectivity index (χ1v) is 8.52. The van der Waals surface area contributed by atoms with Crippen molar-refractivity contribution in [2.45, 2.75) is 17.7 Å². The average molecular weight is 359 g/mol. The molecule has 0 aliphatic carbocycles. The predicted octanol–water partition coefficient (Wildman–Crippen LogP) is 0.855. The van der Waals surface area contributed by atoms with Gasteiger partial charge in [0.15, 0.2) is 5.13 Å². The van der Waals surface area contributed by atoms with E-state index in [9.17, 15) is 18.0 Å². The van der Waals surface area contributed by atoms with E-state index in [1.54, 1.807) is 0 Å². The van der Waals surface area contributed by atoms with Gasteiger partial charge in [-0.3, -0.25) is 19.0 Å². The third-order valence-electron chi connectivity index (χ3n) is 2.82. The fraction of sp³-hybridized carbons (Fsp3) is 0.250. The highest BCUT2D eigenvalue weighted by Gasteiger charge is 2.15. The van der Waals surface area contributed by atoms with Crippen LogP contribution in [0.1, 0.15) is 12.8 Å². The minimum atomic E-state index is -3.80. The van der Waals surface area contributed by atoms with E-state index in [1.165, 1.54) is 23.7 Å². The fourth-order valence-corrected chi connectivity index (χ4v) is 3.36. The number of thiazole rings is 1. The molecule has 0 fully saturated rings. The quantitative estimate of drug-likeness (QED) is 0.395. The molecule has 1 aromatic carbocycles. The molecule has 0 radical (unpaired) electrons. The van der Waals surface area contributed by atoms with Gasteiger partial charge in [0.1, 0.15) is 0 Å². The molecule has 23 heavy (non-hydrogen) atoms. The van der Waals surface area contributed by atoms with Crippen LogP contribution in [-0.2, 0) is 23.9 Å². The zero-order valence-electron chi connectivity index (χ0n) is 11.9. The number of hydrogen-bond donors (Lipinski definition) is 3. The zero-order chi connectivity index (χ0) is 17.0. The maximum absolute atomic E-state index is 11.7. The minimum Gasteiger partial charge on any atom is -0.302 e. The molecule has 3 N–H and O–H groups in total. The average Bonchev–Trinajstić information content (AvgIpc) is 2.93. The maximum atomic E-state index is 11.7. The van der Waals surface area contributed by atoms with E-state index >= 15 is 0 Å². The van der Waals surface area contributed by atoms with Gasteiger partial charge in [-0.15, -0.1) is 0 Å². The van der Waals surface area contributed by atoms with Gasteiger partial charge in [0.2, 0.25) is 11.8 Å². The van der Waals surface area contributed by atoms with Crippen LogP contribution in [0.25, 0.3) is 10.2 Å². The van der Waals surface area contributed by atoms with Crippen molar-refractivity contribution >= 4 is 48.6 Å². The van der Waals surface area contributed by atoms with Crippen molar-refractivity contribution in [2.75, 3.05) is 12.4 Å². The summed E-state index contributed by atoms with van der Waals surface area (Å²) in [7, 11) is -2.73. The lowest BCUT2D eigenvalue weighted by Crippen LogP contribution is -2.21. The Kier molecular flexibility index (Phi) is 5.26. The number of carbonyl (C=O) groups is 2. The normalized spacial score (nSPS) is 11.4. The molecule has 1 aromatic heterocycles. The molecular formula is C12H13N3O6S2. The molecule has 0 atom stereocenters. The first-order chi connectivity index (χ1) is 10.9. The van der Waals surface area contributed by atoms with Crippen LogP contribution in [0.5, 0.6) is 0 Å². The summed E-state index contributed by atoms with van der Waals surface area (Å²) in [5, 5.41) is 11.1. The Balaban J connectivity index is 2.14. The SMILES string of the molecule is COS(=O)(=O)c1ccc2nc(NC(=O)CCC(=O)NO)sc2c1. The standard InChI is InChI=1S/C12H13N3O6S2/c1-21-23(19,20)7-2-3-8-9(6-7)22-12(13-8)14-10(16)4-5-11(17)15-18/h2-3,6,18H,4-5H2,1H3,(H,15,17)(H,13,14,16). The van der Waals surface area contributed by atoms with Gasteiger partial charge >= 0.3 is 0 Å². The molecule has 0 saturated heterocycles. The minimum absolute atomic E-state index is 0.00589. The molecule has 11 heteroatoms. The summed E-state index contributed by atoms with van der Waals surface area (Å²) in [4.78, 5) is 26.7. The van der Waals surface area contributed by atoms with Crippen molar-refractivity contribution in [2.24, 2.45) is 0 Å². The summed E-state index contributed by atoms with van der Waals surface area (Å²) >= 11 is 1.09. The number of carbonyl (C=O) groups excluding carboxylic acids is 2. The first kappa shape index (κ1) is 17.3. The van der Waals surface area contributed by atoms with Crippen molar-refractivity contribution in [3.8, 4) is 0 Å². The molecule has 2 aromatic rings. The molecule has 0 bridgehead atoms. The lowest BCUT2D eigenvalue weighted by Gasteiger charge is -2.00. The second-order valence-electron chi connectivity index (χ2n) is 4.35. The molecule has 2 rings (SSSR count). The van der Waals surface area contributed by atoms with Gasteiger partial charge in [-0.05, 0) is 18.2 Å². The van der Waals surface area contributed by atoms with Crippen molar-refractivity contribution in [1.29, 1.82) is 0 Å². The van der Waals surface area contributed by atoms with Crippen molar-refractivity contribution < 1.29 is 27.4 Å². The number of hydroxylamine groups is 1. The van der Waals surface area contributed by atoms with Gasteiger partial charge in [-0.25, -0.2) is 10.5 Å². The van der Waals surface area contributed by atoms with Gasteiger partial charge in [0.05, 0.1) is 22.2 Å². The lowest BCUT2D eigenvalue weighted by atomic mass is 10.3. The number of fused-ring (bicyclic) bond motifs is 1. The third kappa shape index (κ3) is 4.22. The van der Waals surface area contributed by atoms with E-state index in [1.807, 2.05) is 0 Å². The Morgan fingerprint density at radius 3 is 2.65 bits per heavy atom. The van der Waals surface area contributed by atoms with Crippen LogP contribution in [0.4, 0.5) is 5.13 Å². The van der Waals surface area contributed by atoms with E-state index in [0.717, 1.165) is 18.4 Å². The van der Waals surface area contributed by atoms with E-state index in [2.05, 4.69) is 14.5 Å². The van der Waals surface area contributed by atoms with Crippen molar-refractivity contribution in [3.63, 3.8) is 0 Å². The largest absolute Gasteiger partial charge is 0.302 e. The Labute approximate surface area is 135 Å². The number of benzene rings is 1. The number of rotatable bonds is 6. The van der Waals surface area contributed by atoms with Gasteiger partial charge in [0, 0.05) is 12.8 Å². The van der Waals surface area contributed by atoms with E-state index in [4.69, 9.17) is 5.21 Å². The van der Waals surface area contributed by atoms with Crippen LogP contribution in [0, 0.1) is 0 Å². The summed E-state index contributed by atoms with van der Waals surface area (Å²) in [6, 6.07) is 4.27. The molecule has 0 aliphatic heterocycles. The Hall–Kier alpha value is -2.08. The topological polar surface area (TPSA) is 135 Å². The summed E-state index contributed by atoms with van der Waals surface area (Å²) in [6.07, 6.45) is -0.283. The highest BCUT2D eigenvalue weighted by molar-refractivity contribution is 7.86. The molecule has 9 nitrogen and oxygen atoms in total. The van der Waals surface area contributed by atoms with Crippen LogP contribution in [-0.4, -0.2) is 37.5 Å². The fourth-order valence-electron chi connectivity index (χ4n) is 1.67. The van der Waals surface area contributed by atoms with E-state index in [-0.39, 0.29) is 22.9 Å². The molecule has 1 heterocycles. The molecular weight excluding hydrogens is 346 g/mol. The van der Waals surface area contributed by atoms with Crippen LogP contribution in [0.2, 0.25) is 0 Å². The second kappa shape index (κ2) is 7.00. The van der Waals surface area contributed by atoms with Crippen LogP contribution in [0.15, 0.2) is 23.1 Å². The summed E-state index contributed by atoms with van der Waals surface area (Å²) < 4.78 is 28.3. The van der Waals surface area contributed by atoms with Crippen LogP contribution < -0.4 is 10.8 Å². The Morgan fingerprint density at radius 2 is 2.00 bits per heavy atom. The number of nitrogens with zero attached hydrogens (tertiary/aromatic N) is 1. The summed E-state index contributed by atoms with van der Waals surface area (Å²) in [6.45, 7) is 0.